The fraction of sp³-hybridized carbons (Fsp3) is 1.00. The maximum absolute atomic E-state index is 8.44. The quantitative estimate of drug-likeness (QED) is 0.460. The Morgan fingerprint density at radius 1 is 1.40 bits per heavy atom. The van der Waals surface area contributed by atoms with Crippen LogP contribution < -0.4 is 0 Å². The second kappa shape index (κ2) is 34.1. The molecule has 0 fully saturated rings. The van der Waals surface area contributed by atoms with Crippen molar-refractivity contribution in [2.75, 3.05) is 0 Å². The fourth-order valence-corrected chi connectivity index (χ4v) is 0. The summed E-state index contributed by atoms with van der Waals surface area (Å²) in [5.41, 5.74) is 0. The minimum absolute atomic E-state index is 0. The molecule has 0 N–H and O–H groups in total. The van der Waals surface area contributed by atoms with Gasteiger partial charge in [0.05, 0.1) is 7.85 Å². The summed E-state index contributed by atoms with van der Waals surface area (Å²) in [7, 11) is 4.50. The van der Waals surface area contributed by atoms with Crippen LogP contribution in [0.2, 0.25) is 6.82 Å². The standard InChI is InChI=1S/CH3B.Ac.Hg.O/c1-2;;;/h1H3;;;. The van der Waals surface area contributed by atoms with Crippen LogP contribution in [0.1, 0.15) is 0 Å². The van der Waals surface area contributed by atoms with Gasteiger partial charge in [0.2, 0.25) is 0 Å². The number of hydrogen-bond donors (Lipinski definition) is 0. The molecule has 0 aliphatic rings. The van der Waals surface area contributed by atoms with Crippen molar-refractivity contribution < 1.29 is 72.8 Å². The van der Waals surface area contributed by atoms with Crippen LogP contribution >= 0.6 is 0 Å². The summed E-state index contributed by atoms with van der Waals surface area (Å²) in [6.07, 6.45) is 0. The van der Waals surface area contributed by atoms with Crippen LogP contribution in [0, 0.1) is 44.1 Å². The molecule has 3 radical (unpaired) electrons. The predicted molar refractivity (Wildman–Crippen MR) is 12.3 cm³/mol. The maximum atomic E-state index is 8.44. The molecule has 0 aliphatic carbocycles. The molecule has 21 valence electrons. The zero-order valence-electron chi connectivity index (χ0n) is 3.27. The summed E-state index contributed by atoms with van der Waals surface area (Å²) in [5.74, 6) is 0. The van der Waals surface area contributed by atoms with Crippen molar-refractivity contribution in [2.24, 2.45) is 0 Å². The molecular formula is CH3AcBHgO. The molecular weight excluding hydrogens is 466 g/mol. The number of rotatable bonds is 0. The summed E-state index contributed by atoms with van der Waals surface area (Å²) < 4.78 is 8.44. The van der Waals surface area contributed by atoms with Crippen LogP contribution in [0.3, 0.4) is 0 Å². The summed E-state index contributed by atoms with van der Waals surface area (Å²) in [6.45, 7) is 1.50. The van der Waals surface area contributed by atoms with E-state index in [1.165, 1.54) is 6.82 Å². The Kier molecular flexibility index (Phi) is 107. The van der Waals surface area contributed by atoms with Gasteiger partial charge in [-0.05, 0) is 0 Å². The Bertz CT molecular complexity index is 11.6. The topological polar surface area (TPSA) is 17.1 Å². The van der Waals surface area contributed by atoms with E-state index in [1.807, 2.05) is 0 Å². The fourth-order valence-electron chi connectivity index (χ4n) is 0. The molecule has 5 heavy (non-hydrogen) atoms. The SMILES string of the molecule is [Ac].[B]C.[O]=[Hg]. The summed E-state index contributed by atoms with van der Waals surface area (Å²) in [4.78, 5) is 0. The van der Waals surface area contributed by atoms with Crippen LogP contribution in [0.5, 0.6) is 0 Å². The summed E-state index contributed by atoms with van der Waals surface area (Å²) >= 11 is -0.222. The zero-order chi connectivity index (χ0) is 4.00. The van der Waals surface area contributed by atoms with Gasteiger partial charge in [-0.2, -0.15) is 0 Å². The van der Waals surface area contributed by atoms with E-state index in [4.69, 9.17) is 2.64 Å². The Balaban J connectivity index is -0.0000000133. The van der Waals surface area contributed by atoms with Crippen LogP contribution in [0.15, 0.2) is 0 Å². The molecule has 0 spiro atoms. The van der Waals surface area contributed by atoms with Crippen molar-refractivity contribution >= 4 is 7.85 Å². The first-order valence-electron chi connectivity index (χ1n) is 0.866. The van der Waals surface area contributed by atoms with E-state index in [2.05, 4.69) is 7.85 Å². The second-order valence-corrected chi connectivity index (χ2v) is 0. The van der Waals surface area contributed by atoms with E-state index in [9.17, 15) is 0 Å². The van der Waals surface area contributed by atoms with Crippen molar-refractivity contribution in [2.45, 2.75) is 6.82 Å². The Labute approximate surface area is 85.7 Å². The predicted octanol–water partition coefficient (Wildman–Crippen LogP) is 0.0817. The van der Waals surface area contributed by atoms with Crippen LogP contribution in [0.25, 0.3) is 0 Å². The first kappa shape index (κ1) is 15.7. The van der Waals surface area contributed by atoms with Crippen molar-refractivity contribution in [3.05, 3.63) is 0 Å². The van der Waals surface area contributed by atoms with E-state index in [-0.39, 0.29) is 70.2 Å². The molecule has 4 heteroatoms. The molecule has 0 aromatic rings. The average molecular weight is 469 g/mol. The van der Waals surface area contributed by atoms with Crippen LogP contribution in [0.4, 0.5) is 0 Å². The van der Waals surface area contributed by atoms with Gasteiger partial charge in [0.15, 0.2) is 0 Å². The third-order valence-corrected chi connectivity index (χ3v) is 0. The minimum atomic E-state index is -0.222. The van der Waals surface area contributed by atoms with E-state index < -0.39 is 0 Å². The zero-order valence-corrected chi connectivity index (χ0v) is 13.5. The molecule has 0 bridgehead atoms. The molecule has 0 rings (SSSR count). The molecule has 0 amide bonds. The van der Waals surface area contributed by atoms with Gasteiger partial charge in [-0.15, -0.1) is 0 Å². The summed E-state index contributed by atoms with van der Waals surface area (Å²) in [5, 5.41) is 0. The van der Waals surface area contributed by atoms with Crippen molar-refractivity contribution in [3.63, 3.8) is 0 Å². The van der Waals surface area contributed by atoms with E-state index in [1.54, 1.807) is 0 Å². The van der Waals surface area contributed by atoms with Gasteiger partial charge in [0, 0.05) is 44.1 Å². The Morgan fingerprint density at radius 3 is 1.40 bits per heavy atom. The molecule has 0 heterocycles. The first-order chi connectivity index (χ1) is 2.00. The molecule has 0 saturated heterocycles. The third-order valence-electron chi connectivity index (χ3n) is 0. The third kappa shape index (κ3) is 22.3. The van der Waals surface area contributed by atoms with Gasteiger partial charge in [-0.3, -0.25) is 0 Å². The van der Waals surface area contributed by atoms with Crippen molar-refractivity contribution in [3.8, 4) is 0 Å². The molecule has 0 saturated carbocycles. The van der Waals surface area contributed by atoms with E-state index >= 15 is 0 Å². The van der Waals surface area contributed by atoms with E-state index in [0.717, 1.165) is 0 Å². The van der Waals surface area contributed by atoms with Gasteiger partial charge >= 0.3 is 28.8 Å². The van der Waals surface area contributed by atoms with Crippen LogP contribution in [-0.2, 0) is 28.8 Å². The van der Waals surface area contributed by atoms with Gasteiger partial charge in [-0.1, -0.05) is 6.82 Å². The molecule has 1 nitrogen and oxygen atoms in total. The van der Waals surface area contributed by atoms with Gasteiger partial charge in [0.1, 0.15) is 0 Å². The van der Waals surface area contributed by atoms with Gasteiger partial charge in [-0.25, -0.2) is 0 Å². The normalized spacial score (nSPS) is 2.20. The average Bonchev–Trinajstić information content (AvgIpc) is 1.50. The molecule has 0 aliphatic heterocycles. The van der Waals surface area contributed by atoms with Crippen LogP contribution in [-0.4, -0.2) is 7.85 Å². The van der Waals surface area contributed by atoms with E-state index in [0.29, 0.717) is 0 Å². The summed E-state index contributed by atoms with van der Waals surface area (Å²) in [6, 6.07) is 0. The first-order valence-corrected chi connectivity index (χ1v) is 3.11. The molecule has 0 aromatic heterocycles. The molecule has 0 aromatic carbocycles. The van der Waals surface area contributed by atoms with Crippen molar-refractivity contribution in [1.29, 1.82) is 0 Å². The monoisotopic (exact) mass is 471 g/mol. The number of hydrogen-bond acceptors (Lipinski definition) is 1. The van der Waals surface area contributed by atoms with Crippen molar-refractivity contribution in [1.82, 2.24) is 0 Å². The van der Waals surface area contributed by atoms with Gasteiger partial charge in [0.25, 0.3) is 0 Å². The van der Waals surface area contributed by atoms with Gasteiger partial charge < -0.3 is 0 Å². The molecule has 0 atom stereocenters. The molecule has 0 unspecified atom stereocenters. The Hall–Kier alpha value is 2.24. The Morgan fingerprint density at radius 2 is 1.40 bits per heavy atom. The second-order valence-electron chi connectivity index (χ2n) is 0.